The molecule has 1 aromatic heterocycles. The molecule has 6 aromatic rings. The molecule has 2 saturated heterocycles. The van der Waals surface area contributed by atoms with Gasteiger partial charge in [-0.1, -0.05) is 140 Å². The lowest BCUT2D eigenvalue weighted by atomic mass is 9.72. The first-order chi connectivity index (χ1) is 28.2. The standard InChI is InChI=1S/C52H73B2NO4/c1-11-13-15-17-19-20-22-24-28-36(27-23-21-18-16-14-12-2)35-55-43-33-41(53-56-49(3,4)50(5,6)57-53)39-31-25-29-37-38-30-26-32-40-42(54-58-51(7,8)52(9,10)59-54)34-44(55)48(46(38)40)47(43)45(37)39/h25-26,29-34,36H,11-24,27-28,35H2,1-10H3. The van der Waals surface area contributed by atoms with Gasteiger partial charge in [-0.2, -0.15) is 0 Å². The van der Waals surface area contributed by atoms with E-state index in [4.69, 9.17) is 18.6 Å². The van der Waals surface area contributed by atoms with E-state index in [9.17, 15) is 0 Å². The fourth-order valence-electron chi connectivity index (χ4n) is 10.4. The lowest BCUT2D eigenvalue weighted by Crippen LogP contribution is -2.41. The second-order valence-corrected chi connectivity index (χ2v) is 20.6. The number of benzene rings is 5. The van der Waals surface area contributed by atoms with E-state index in [2.05, 4.69) is 122 Å². The van der Waals surface area contributed by atoms with Crippen molar-refractivity contribution in [1.29, 1.82) is 0 Å². The number of unbranched alkanes of at least 4 members (excludes halogenated alkanes) is 12. The molecule has 7 heteroatoms. The SMILES string of the molecule is CCCCCCCCCCC(CCCCCCCC)Cn1c2cc(B3OC(C)(C)C(C)(C)O3)c3cccc4c5cccc6c(B7OC(C)(C)C(C)(C)O7)cc1c(c65)c2c34. The van der Waals surface area contributed by atoms with E-state index >= 15 is 0 Å². The normalized spacial score (nSPS) is 19.3. The molecule has 3 heterocycles. The molecule has 0 saturated carbocycles. The topological polar surface area (TPSA) is 41.9 Å². The molecule has 8 rings (SSSR count). The van der Waals surface area contributed by atoms with E-state index in [0.29, 0.717) is 5.92 Å². The Kier molecular flexibility index (Phi) is 12.2. The lowest BCUT2D eigenvalue weighted by molar-refractivity contribution is 0.00578. The number of fused-ring (bicyclic) bond motifs is 1. The molecular weight excluding hydrogens is 724 g/mol. The molecule has 0 N–H and O–H groups in total. The van der Waals surface area contributed by atoms with Crippen LogP contribution in [0.3, 0.4) is 0 Å². The van der Waals surface area contributed by atoms with Crippen LogP contribution in [0.4, 0.5) is 0 Å². The van der Waals surface area contributed by atoms with Gasteiger partial charge in [-0.25, -0.2) is 0 Å². The third-order valence-corrected chi connectivity index (χ3v) is 15.4. The fraction of sp³-hybridized carbons (Fsp3) is 0.615. The van der Waals surface area contributed by atoms with Crippen molar-refractivity contribution in [1.82, 2.24) is 4.57 Å². The zero-order valence-electron chi connectivity index (χ0n) is 38.5. The second-order valence-electron chi connectivity index (χ2n) is 20.6. The minimum absolute atomic E-state index is 0.435. The van der Waals surface area contributed by atoms with Crippen molar-refractivity contribution in [2.75, 3.05) is 0 Å². The highest BCUT2D eigenvalue weighted by Crippen LogP contribution is 2.48. The average molecular weight is 798 g/mol. The predicted molar refractivity (Wildman–Crippen MR) is 254 cm³/mol. The number of aromatic nitrogens is 1. The second kappa shape index (κ2) is 16.8. The zero-order valence-corrected chi connectivity index (χ0v) is 38.5. The Morgan fingerprint density at radius 2 is 0.797 bits per heavy atom. The summed E-state index contributed by atoms with van der Waals surface area (Å²) in [5.74, 6) is 0.596. The maximum atomic E-state index is 6.88. The van der Waals surface area contributed by atoms with Crippen LogP contribution >= 0.6 is 0 Å². The van der Waals surface area contributed by atoms with Crippen molar-refractivity contribution in [3.05, 3.63) is 48.5 Å². The monoisotopic (exact) mass is 798 g/mol. The van der Waals surface area contributed by atoms with Gasteiger partial charge in [0.2, 0.25) is 0 Å². The maximum Gasteiger partial charge on any atom is 0.495 e. The highest BCUT2D eigenvalue weighted by atomic mass is 16.7. The van der Waals surface area contributed by atoms with E-state index in [0.717, 1.165) is 17.5 Å². The predicted octanol–water partition coefficient (Wildman–Crippen LogP) is 13.6. The molecule has 0 aliphatic carbocycles. The quantitative estimate of drug-likeness (QED) is 0.0334. The van der Waals surface area contributed by atoms with Gasteiger partial charge in [-0.3, -0.25) is 0 Å². The molecule has 2 aliphatic rings. The maximum absolute atomic E-state index is 6.88. The summed E-state index contributed by atoms with van der Waals surface area (Å²) in [7, 11) is -0.917. The molecule has 1 atom stereocenters. The van der Waals surface area contributed by atoms with Crippen LogP contribution in [-0.4, -0.2) is 41.2 Å². The summed E-state index contributed by atoms with van der Waals surface area (Å²) in [5, 5.41) is 10.4. The van der Waals surface area contributed by atoms with Crippen LogP contribution in [0.15, 0.2) is 48.5 Å². The van der Waals surface area contributed by atoms with Gasteiger partial charge in [-0.15, -0.1) is 0 Å². The van der Waals surface area contributed by atoms with Crippen molar-refractivity contribution in [3.63, 3.8) is 0 Å². The zero-order chi connectivity index (χ0) is 41.7. The Hall–Kier alpha value is -2.83. The van der Waals surface area contributed by atoms with Gasteiger partial charge in [0.15, 0.2) is 0 Å². The first kappa shape index (κ1) is 42.8. The fourth-order valence-corrected chi connectivity index (χ4v) is 10.4. The minimum atomic E-state index is -0.458. The van der Waals surface area contributed by atoms with E-state index in [1.165, 1.54) is 157 Å². The highest BCUT2D eigenvalue weighted by molar-refractivity contribution is 6.68. The van der Waals surface area contributed by atoms with Gasteiger partial charge in [0.05, 0.1) is 22.4 Å². The molecule has 5 aromatic carbocycles. The molecule has 316 valence electrons. The molecule has 1 unspecified atom stereocenters. The first-order valence-electron chi connectivity index (χ1n) is 23.9. The van der Waals surface area contributed by atoms with Crippen molar-refractivity contribution in [2.24, 2.45) is 5.92 Å². The Labute approximate surface area is 356 Å². The Balaban J connectivity index is 1.29. The van der Waals surface area contributed by atoms with Gasteiger partial charge in [0.1, 0.15) is 0 Å². The smallest absolute Gasteiger partial charge is 0.399 e. The summed E-state index contributed by atoms with van der Waals surface area (Å²) in [4.78, 5) is 0. The summed E-state index contributed by atoms with van der Waals surface area (Å²) in [5.41, 5.74) is 3.13. The van der Waals surface area contributed by atoms with Gasteiger partial charge in [0, 0.05) is 28.4 Å². The van der Waals surface area contributed by atoms with Crippen LogP contribution in [0.1, 0.15) is 172 Å². The highest BCUT2D eigenvalue weighted by Gasteiger charge is 2.53. The molecule has 0 spiro atoms. The summed E-state index contributed by atoms with van der Waals surface area (Å²) in [6.07, 6.45) is 21.4. The molecule has 0 amide bonds. The van der Waals surface area contributed by atoms with Crippen LogP contribution in [0.2, 0.25) is 0 Å². The molecular formula is C52H73B2NO4. The van der Waals surface area contributed by atoms with Gasteiger partial charge >= 0.3 is 14.2 Å². The van der Waals surface area contributed by atoms with Gasteiger partial charge < -0.3 is 23.2 Å². The third-order valence-electron chi connectivity index (χ3n) is 15.4. The summed E-state index contributed by atoms with van der Waals surface area (Å²) in [6, 6.07) is 18.6. The summed E-state index contributed by atoms with van der Waals surface area (Å²) in [6.45, 7) is 23.0. The lowest BCUT2D eigenvalue weighted by Gasteiger charge is -2.32. The van der Waals surface area contributed by atoms with E-state index in [-0.39, 0.29) is 0 Å². The summed E-state index contributed by atoms with van der Waals surface area (Å²) >= 11 is 0. The van der Waals surface area contributed by atoms with Gasteiger partial charge in [0.25, 0.3) is 0 Å². The number of nitrogens with zero attached hydrogens (tertiary/aromatic N) is 1. The van der Waals surface area contributed by atoms with Crippen LogP contribution < -0.4 is 10.9 Å². The molecule has 0 radical (unpaired) electrons. The Bertz CT molecular complexity index is 2180. The van der Waals surface area contributed by atoms with E-state index in [1.807, 2.05) is 0 Å². The number of hydrogen-bond donors (Lipinski definition) is 0. The van der Waals surface area contributed by atoms with Crippen LogP contribution in [0.5, 0.6) is 0 Å². The van der Waals surface area contributed by atoms with Crippen molar-refractivity contribution in [2.45, 2.75) is 201 Å². The average Bonchev–Trinajstić information content (AvgIpc) is 3.71. The number of hydrogen-bond acceptors (Lipinski definition) is 4. The molecule has 59 heavy (non-hydrogen) atoms. The largest absolute Gasteiger partial charge is 0.495 e. The third kappa shape index (κ3) is 7.83. The minimum Gasteiger partial charge on any atom is -0.399 e. The molecule has 2 aliphatic heterocycles. The van der Waals surface area contributed by atoms with Crippen molar-refractivity contribution >= 4 is 79.3 Å². The van der Waals surface area contributed by atoms with Gasteiger partial charge in [-0.05, 0) is 130 Å². The van der Waals surface area contributed by atoms with Crippen LogP contribution in [0, 0.1) is 5.92 Å². The van der Waals surface area contributed by atoms with Crippen LogP contribution in [-0.2, 0) is 25.2 Å². The molecule has 2 fully saturated rings. The van der Waals surface area contributed by atoms with Crippen molar-refractivity contribution in [3.8, 4) is 0 Å². The summed E-state index contributed by atoms with van der Waals surface area (Å²) < 4.78 is 30.2. The molecule has 0 bridgehead atoms. The number of rotatable bonds is 20. The Morgan fingerprint density at radius 3 is 1.17 bits per heavy atom. The Morgan fingerprint density at radius 1 is 0.458 bits per heavy atom. The van der Waals surface area contributed by atoms with E-state index < -0.39 is 36.6 Å². The van der Waals surface area contributed by atoms with Crippen molar-refractivity contribution < 1.29 is 18.6 Å². The van der Waals surface area contributed by atoms with Crippen LogP contribution in [0.25, 0.3) is 54.1 Å². The van der Waals surface area contributed by atoms with E-state index in [1.54, 1.807) is 0 Å². The molecule has 5 nitrogen and oxygen atoms in total. The first-order valence-corrected chi connectivity index (χ1v) is 23.9.